The Bertz CT molecular complexity index is 3460. The number of benzene rings is 11. The lowest BCUT2D eigenvalue weighted by Gasteiger charge is -2.37. The van der Waals surface area contributed by atoms with E-state index >= 15 is 0 Å². The van der Waals surface area contributed by atoms with Crippen molar-refractivity contribution in [3.63, 3.8) is 0 Å². The third kappa shape index (κ3) is 6.62. The summed E-state index contributed by atoms with van der Waals surface area (Å²) in [6, 6.07) is 92.0. The molecule has 1 aliphatic carbocycles. The van der Waals surface area contributed by atoms with Crippen LogP contribution >= 0.6 is 0 Å². The van der Waals surface area contributed by atoms with Crippen molar-refractivity contribution in [3.05, 3.63) is 260 Å². The maximum absolute atomic E-state index is 2.49. The van der Waals surface area contributed by atoms with Gasteiger partial charge in [0, 0.05) is 39.2 Å². The second kappa shape index (κ2) is 16.2. The summed E-state index contributed by atoms with van der Waals surface area (Å²) in [6.07, 6.45) is 0. The van der Waals surface area contributed by atoms with Crippen molar-refractivity contribution in [2.45, 2.75) is 19.3 Å². The summed E-state index contributed by atoms with van der Waals surface area (Å²) in [7, 11) is -1.69. The summed E-state index contributed by atoms with van der Waals surface area (Å²) in [6.45, 7) is 4.82. The van der Waals surface area contributed by atoms with Crippen LogP contribution in [0.5, 0.6) is 0 Å². The van der Waals surface area contributed by atoms with E-state index in [0.29, 0.717) is 0 Å². The van der Waals surface area contributed by atoms with E-state index < -0.39 is 8.80 Å². The number of anilines is 6. The lowest BCUT2D eigenvalue weighted by atomic mass is 9.68. The predicted molar refractivity (Wildman–Crippen MR) is 285 cm³/mol. The smallest absolute Gasteiger partial charge is 0.132 e. The minimum Gasteiger partial charge on any atom is -0.310 e. The van der Waals surface area contributed by atoms with Gasteiger partial charge >= 0.3 is 0 Å². The number of hydrogen-bond donors (Lipinski definition) is 0. The molecule has 0 N–H and O–H groups in total. The Morgan fingerprint density at radius 3 is 1.35 bits per heavy atom. The zero-order valence-electron chi connectivity index (χ0n) is 37.1. The lowest BCUT2D eigenvalue weighted by Crippen LogP contribution is -2.51. The zero-order valence-corrected chi connectivity index (χ0v) is 38.3. The van der Waals surface area contributed by atoms with Crippen LogP contribution < -0.4 is 25.4 Å². The van der Waals surface area contributed by atoms with Crippen molar-refractivity contribution in [2.24, 2.45) is 0 Å². The fraction of sp³-hybridized carbons (Fsp3) is 0.0476. The number of nitrogens with zero attached hydrogens (tertiary/aromatic N) is 2. The van der Waals surface area contributed by atoms with Crippen molar-refractivity contribution >= 4 is 90.8 Å². The number of para-hydroxylation sites is 3. The second-order valence-corrected chi connectivity index (χ2v) is 20.9. The van der Waals surface area contributed by atoms with Gasteiger partial charge < -0.3 is 9.80 Å². The minimum atomic E-state index is -1.69. The minimum absolute atomic E-state index is 0.276. The summed E-state index contributed by atoms with van der Waals surface area (Å²) in [5.74, 6) is 0. The Morgan fingerprint density at radius 2 is 0.758 bits per heavy atom. The van der Waals surface area contributed by atoms with Crippen LogP contribution in [0.1, 0.15) is 25.0 Å². The molecule has 11 aromatic carbocycles. The van der Waals surface area contributed by atoms with Crippen LogP contribution in [0.4, 0.5) is 34.1 Å². The summed E-state index contributed by atoms with van der Waals surface area (Å²) in [4.78, 5) is 4.84. The van der Waals surface area contributed by atoms with Gasteiger partial charge in [0.2, 0.25) is 0 Å². The number of rotatable bonds is 9. The highest BCUT2D eigenvalue weighted by atomic mass is 28.3. The van der Waals surface area contributed by atoms with E-state index in [1.165, 1.54) is 75.8 Å². The average Bonchev–Trinajstić information content (AvgIpc) is 3.38. The highest BCUT2D eigenvalue weighted by Crippen LogP contribution is 2.53. The molecule has 1 aliphatic rings. The van der Waals surface area contributed by atoms with Crippen LogP contribution in [0.3, 0.4) is 0 Å². The van der Waals surface area contributed by atoms with Gasteiger partial charge in [-0.3, -0.25) is 0 Å². The van der Waals surface area contributed by atoms with E-state index in [0.717, 1.165) is 28.4 Å². The molecule has 0 saturated heterocycles. The maximum Gasteiger partial charge on any atom is 0.132 e. The third-order valence-corrected chi connectivity index (χ3v) is 17.1. The van der Waals surface area contributed by atoms with Gasteiger partial charge in [0.15, 0.2) is 0 Å². The van der Waals surface area contributed by atoms with Crippen molar-refractivity contribution in [3.8, 4) is 11.1 Å². The molecule has 12 rings (SSSR count). The van der Waals surface area contributed by atoms with E-state index in [2.05, 4.69) is 272 Å². The van der Waals surface area contributed by atoms with Gasteiger partial charge in [-0.05, 0) is 122 Å². The zero-order chi connectivity index (χ0) is 44.2. The topological polar surface area (TPSA) is 6.48 Å². The van der Waals surface area contributed by atoms with Crippen LogP contribution in [-0.2, 0) is 5.41 Å². The van der Waals surface area contributed by atoms with E-state index in [-0.39, 0.29) is 5.41 Å². The van der Waals surface area contributed by atoms with Gasteiger partial charge in [0.1, 0.15) is 8.80 Å². The highest BCUT2D eigenvalue weighted by molar-refractivity contribution is 6.95. The molecule has 0 unspecified atom stereocenters. The number of fused-ring (bicyclic) bond motifs is 6. The molecule has 0 radical (unpaired) electrons. The van der Waals surface area contributed by atoms with Gasteiger partial charge in [-0.25, -0.2) is 0 Å². The quantitative estimate of drug-likeness (QED) is 0.0810. The fourth-order valence-corrected chi connectivity index (χ4v) is 13.8. The van der Waals surface area contributed by atoms with Gasteiger partial charge in [-0.15, -0.1) is 0 Å². The van der Waals surface area contributed by atoms with Crippen LogP contribution in [0.2, 0.25) is 0 Å². The molecule has 0 aliphatic heterocycles. The first-order valence-electron chi connectivity index (χ1n) is 23.0. The van der Waals surface area contributed by atoms with Crippen LogP contribution in [0, 0.1) is 0 Å². The molecule has 0 fully saturated rings. The van der Waals surface area contributed by atoms with Gasteiger partial charge in [0.05, 0.1) is 5.69 Å². The van der Waals surface area contributed by atoms with Crippen molar-refractivity contribution in [1.29, 1.82) is 0 Å². The van der Waals surface area contributed by atoms with Crippen molar-refractivity contribution in [1.82, 2.24) is 0 Å². The molecule has 314 valence electrons. The number of hydrogen-bond acceptors (Lipinski definition) is 2. The van der Waals surface area contributed by atoms with Gasteiger partial charge in [0.25, 0.3) is 0 Å². The monoisotopic (exact) mass is 860 g/mol. The van der Waals surface area contributed by atoms with Gasteiger partial charge in [-0.2, -0.15) is 0 Å². The molecular formula is C63H48N2Si. The molecule has 0 atom stereocenters. The summed E-state index contributed by atoms with van der Waals surface area (Å²) in [5, 5.41) is 11.9. The van der Waals surface area contributed by atoms with Crippen LogP contribution in [-0.4, -0.2) is 8.80 Å². The molecule has 11 aromatic rings. The second-order valence-electron chi connectivity index (χ2n) is 18.1. The van der Waals surface area contributed by atoms with Crippen LogP contribution in [0.25, 0.3) is 43.4 Å². The first-order valence-corrected chi connectivity index (χ1v) is 24.8. The molecule has 0 spiro atoms. The maximum atomic E-state index is 2.49. The van der Waals surface area contributed by atoms with Gasteiger partial charge in [-0.1, -0.05) is 205 Å². The SMILES string of the molecule is CC1(C)c2cc(N(c3ccccc3)c3ccc([SiH](c4ccccc4)c4ccccc4)cc3)ccc2-c2cc3c4ccccc4c(N(c4ccccc4)c4ccccc4)cc3c3cccc1c23. The Balaban J connectivity index is 1.02. The van der Waals surface area contributed by atoms with E-state index in [1.807, 2.05) is 0 Å². The fourth-order valence-electron chi connectivity index (χ4n) is 10.8. The Labute approximate surface area is 388 Å². The first kappa shape index (κ1) is 39.6. The average molecular weight is 861 g/mol. The molecule has 3 heteroatoms. The molecule has 0 saturated carbocycles. The van der Waals surface area contributed by atoms with Crippen LogP contribution in [0.15, 0.2) is 249 Å². The van der Waals surface area contributed by atoms with E-state index in [9.17, 15) is 0 Å². The Hall–Kier alpha value is -7.98. The molecule has 0 amide bonds. The molecule has 66 heavy (non-hydrogen) atoms. The summed E-state index contributed by atoms with van der Waals surface area (Å²) >= 11 is 0. The van der Waals surface area contributed by atoms with E-state index in [4.69, 9.17) is 0 Å². The molecule has 0 heterocycles. The van der Waals surface area contributed by atoms with Crippen molar-refractivity contribution < 1.29 is 0 Å². The molecule has 2 nitrogen and oxygen atoms in total. The van der Waals surface area contributed by atoms with Crippen molar-refractivity contribution in [2.75, 3.05) is 9.80 Å². The predicted octanol–water partition coefficient (Wildman–Crippen LogP) is 14.6. The molecule has 0 aromatic heterocycles. The Kier molecular flexibility index (Phi) is 9.73. The lowest BCUT2D eigenvalue weighted by molar-refractivity contribution is 0.645. The molecular weight excluding hydrogens is 813 g/mol. The first-order chi connectivity index (χ1) is 32.5. The summed E-state index contributed by atoms with van der Waals surface area (Å²) < 4.78 is 0. The molecule has 0 bridgehead atoms. The third-order valence-electron chi connectivity index (χ3n) is 13.9. The van der Waals surface area contributed by atoms with E-state index in [1.54, 1.807) is 0 Å². The summed E-state index contributed by atoms with van der Waals surface area (Å²) in [5.41, 5.74) is 11.9. The standard InChI is InChI=1S/C63H48N2Si/c1-63(2)59-34-20-33-55-57-43-61(65(45-23-10-4-11-24-45)46-25-12-5-13-26-46)54-32-19-18-31-52(54)56(57)42-58(62(55)59)53-40-37-48(41-60(53)63)64(44-21-8-3-9-22-44)47-35-38-51(39-36-47)66(49-27-14-6-15-28-49)50-29-16-7-17-30-50/h3-43,66H,1-2H3. The normalized spacial score (nSPS) is 12.7. The highest BCUT2D eigenvalue weighted by Gasteiger charge is 2.35. The Morgan fingerprint density at radius 1 is 0.303 bits per heavy atom. The largest absolute Gasteiger partial charge is 0.310 e.